The van der Waals surface area contributed by atoms with Crippen LogP contribution < -0.4 is 5.43 Å². The Hall–Kier alpha value is -2.99. The van der Waals surface area contributed by atoms with Gasteiger partial charge in [0, 0.05) is 47.2 Å². The second kappa shape index (κ2) is 8.45. The minimum absolute atomic E-state index is 0.250. The second-order valence-electron chi connectivity index (χ2n) is 4.54. The first-order chi connectivity index (χ1) is 11.3. The summed E-state index contributed by atoms with van der Waals surface area (Å²) >= 11 is 0. The largest absolute Gasteiger partial charge is 0.397 e. The molecule has 0 aliphatic heterocycles. The van der Waals surface area contributed by atoms with Gasteiger partial charge in [-0.1, -0.05) is 18.2 Å². The molecule has 0 spiro atoms. The molecule has 0 saturated heterocycles. The van der Waals surface area contributed by atoms with Crippen molar-refractivity contribution < 1.29 is 9.90 Å². The number of hydrogen-bond acceptors (Lipinski definition) is 4. The van der Waals surface area contributed by atoms with E-state index in [9.17, 15) is 4.79 Å². The van der Waals surface area contributed by atoms with Crippen molar-refractivity contribution in [3.8, 4) is 0 Å². The van der Waals surface area contributed by atoms with Gasteiger partial charge in [-0.3, -0.25) is 9.78 Å². The number of carbonyl (C=O) groups excluding carboxylic acids is 1. The van der Waals surface area contributed by atoms with Gasteiger partial charge in [-0.05, 0) is 25.1 Å². The van der Waals surface area contributed by atoms with Crippen LogP contribution in [0.4, 0.5) is 0 Å². The van der Waals surface area contributed by atoms with Crippen LogP contribution in [0, 0.1) is 0 Å². The molecule has 0 saturated carbocycles. The van der Waals surface area contributed by atoms with Crippen LogP contribution in [0.15, 0.2) is 60.1 Å². The van der Waals surface area contributed by atoms with Crippen LogP contribution in [0.5, 0.6) is 0 Å². The Morgan fingerprint density at radius 1 is 1.30 bits per heavy atom. The smallest absolute Gasteiger partial charge is 0.271 e. The van der Waals surface area contributed by atoms with E-state index >= 15 is 0 Å². The van der Waals surface area contributed by atoms with Gasteiger partial charge in [0.05, 0.1) is 6.21 Å². The molecular formula is C17H18N4O2. The number of nitrogens with zero attached hydrogens (tertiary/aromatic N) is 2. The lowest BCUT2D eigenvalue weighted by atomic mass is 10.2. The van der Waals surface area contributed by atoms with Gasteiger partial charge in [-0.15, -0.1) is 0 Å². The summed E-state index contributed by atoms with van der Waals surface area (Å²) < 4.78 is 0. The minimum atomic E-state index is -0.261. The number of aromatic nitrogens is 2. The maximum Gasteiger partial charge on any atom is 0.271 e. The van der Waals surface area contributed by atoms with Gasteiger partial charge < -0.3 is 10.1 Å². The van der Waals surface area contributed by atoms with E-state index in [1.165, 1.54) is 0 Å². The number of carbonyl (C=O) groups is 1. The highest BCUT2D eigenvalue weighted by Crippen LogP contribution is 2.15. The molecule has 0 atom stereocenters. The molecule has 0 fully saturated rings. The number of aliphatic hydroxyl groups is 1. The third-order valence-corrected chi connectivity index (χ3v) is 2.93. The number of fused-ring (bicyclic) bond motifs is 1. The monoisotopic (exact) mass is 310 g/mol. The van der Waals surface area contributed by atoms with E-state index in [0.29, 0.717) is 5.56 Å². The van der Waals surface area contributed by atoms with E-state index in [0.717, 1.165) is 16.5 Å². The zero-order chi connectivity index (χ0) is 16.5. The Kier molecular flexibility index (Phi) is 6.02. The first kappa shape index (κ1) is 16.4. The molecule has 0 aliphatic carbocycles. The second-order valence-corrected chi connectivity index (χ2v) is 4.54. The molecule has 0 unspecified atom stereocenters. The Morgan fingerprint density at radius 2 is 2.00 bits per heavy atom. The number of pyridine rings is 1. The number of para-hydroxylation sites is 1. The predicted molar refractivity (Wildman–Crippen MR) is 90.4 cm³/mol. The first-order valence-electron chi connectivity index (χ1n) is 7.16. The SMILES string of the molecule is CCO.O=C(N/N=C/c1c[nH]c2ccccc12)c1ccncc1. The Morgan fingerprint density at radius 3 is 2.74 bits per heavy atom. The van der Waals surface area contributed by atoms with Gasteiger partial charge in [0.1, 0.15) is 0 Å². The summed E-state index contributed by atoms with van der Waals surface area (Å²) in [6, 6.07) is 11.2. The van der Waals surface area contributed by atoms with Crippen LogP contribution in [0.1, 0.15) is 22.8 Å². The van der Waals surface area contributed by atoms with E-state index in [1.54, 1.807) is 37.7 Å². The number of hydrogen-bond donors (Lipinski definition) is 3. The maximum atomic E-state index is 11.8. The third-order valence-electron chi connectivity index (χ3n) is 2.93. The predicted octanol–water partition coefficient (Wildman–Crippen LogP) is 2.33. The average Bonchev–Trinajstić information content (AvgIpc) is 3.00. The Labute approximate surface area is 133 Å². The standard InChI is InChI=1S/C15H12N4O.C2H6O/c20-15(11-5-7-16-8-6-11)19-18-10-12-9-17-14-4-2-1-3-13(12)14;1-2-3/h1-10,17H,(H,19,20);3H,2H2,1H3/b18-10+;. The van der Waals surface area contributed by atoms with Gasteiger partial charge >= 0.3 is 0 Å². The highest BCUT2D eigenvalue weighted by molar-refractivity contribution is 6.00. The van der Waals surface area contributed by atoms with E-state index in [2.05, 4.69) is 20.5 Å². The number of aromatic amines is 1. The van der Waals surface area contributed by atoms with Crippen LogP contribution in [0.3, 0.4) is 0 Å². The molecule has 118 valence electrons. The fourth-order valence-electron chi connectivity index (χ4n) is 1.93. The van der Waals surface area contributed by atoms with Gasteiger partial charge in [0.25, 0.3) is 5.91 Å². The lowest BCUT2D eigenvalue weighted by Gasteiger charge is -1.98. The summed E-state index contributed by atoms with van der Waals surface area (Å²) in [4.78, 5) is 18.8. The fraction of sp³-hybridized carbons (Fsp3) is 0.118. The molecule has 0 radical (unpaired) electrons. The first-order valence-corrected chi connectivity index (χ1v) is 7.16. The van der Waals surface area contributed by atoms with Gasteiger partial charge in [0.2, 0.25) is 0 Å². The highest BCUT2D eigenvalue weighted by atomic mass is 16.2. The zero-order valence-corrected chi connectivity index (χ0v) is 12.7. The van der Waals surface area contributed by atoms with Crippen LogP contribution in [-0.4, -0.2) is 33.8 Å². The maximum absolute atomic E-state index is 11.8. The third kappa shape index (κ3) is 4.49. The van der Waals surface area contributed by atoms with Crippen molar-refractivity contribution in [2.45, 2.75) is 6.92 Å². The highest BCUT2D eigenvalue weighted by Gasteiger charge is 2.03. The molecular weight excluding hydrogens is 292 g/mol. The molecule has 6 nitrogen and oxygen atoms in total. The number of H-pyrrole nitrogens is 1. The lowest BCUT2D eigenvalue weighted by Crippen LogP contribution is -2.17. The number of benzene rings is 1. The van der Waals surface area contributed by atoms with E-state index in [4.69, 9.17) is 5.11 Å². The van der Waals surface area contributed by atoms with Crippen LogP contribution in [0.2, 0.25) is 0 Å². The Bertz CT molecular complexity index is 781. The van der Waals surface area contributed by atoms with Crippen molar-refractivity contribution in [2.75, 3.05) is 6.61 Å². The van der Waals surface area contributed by atoms with Crippen molar-refractivity contribution in [3.05, 3.63) is 66.1 Å². The number of amides is 1. The normalized spacial score (nSPS) is 10.3. The molecule has 2 heterocycles. The molecule has 6 heteroatoms. The van der Waals surface area contributed by atoms with Crippen molar-refractivity contribution >= 4 is 23.0 Å². The molecule has 3 N–H and O–H groups in total. The molecule has 0 bridgehead atoms. The number of aliphatic hydroxyl groups excluding tert-OH is 1. The average molecular weight is 310 g/mol. The van der Waals surface area contributed by atoms with Gasteiger partial charge in [-0.2, -0.15) is 5.10 Å². The molecule has 0 aliphatic rings. The quantitative estimate of drug-likeness (QED) is 0.512. The van der Waals surface area contributed by atoms with E-state index < -0.39 is 0 Å². The van der Waals surface area contributed by atoms with Crippen molar-refractivity contribution in [1.29, 1.82) is 0 Å². The van der Waals surface area contributed by atoms with E-state index in [1.807, 2.05) is 30.5 Å². The van der Waals surface area contributed by atoms with Crippen LogP contribution >= 0.6 is 0 Å². The van der Waals surface area contributed by atoms with Gasteiger partial charge in [-0.25, -0.2) is 5.43 Å². The fourth-order valence-corrected chi connectivity index (χ4v) is 1.93. The van der Waals surface area contributed by atoms with Crippen molar-refractivity contribution in [3.63, 3.8) is 0 Å². The number of hydrazone groups is 1. The summed E-state index contributed by atoms with van der Waals surface area (Å²) in [7, 11) is 0. The van der Waals surface area contributed by atoms with Crippen molar-refractivity contribution in [2.24, 2.45) is 5.10 Å². The molecule has 1 amide bonds. The molecule has 3 rings (SSSR count). The summed E-state index contributed by atoms with van der Waals surface area (Å²) in [5.41, 5.74) is 4.98. The minimum Gasteiger partial charge on any atom is -0.397 e. The Balaban J connectivity index is 0.000000595. The van der Waals surface area contributed by atoms with Crippen LogP contribution in [-0.2, 0) is 0 Å². The topological polar surface area (TPSA) is 90.4 Å². The lowest BCUT2D eigenvalue weighted by molar-refractivity contribution is 0.0955. The summed E-state index contributed by atoms with van der Waals surface area (Å²) in [6.45, 7) is 1.93. The van der Waals surface area contributed by atoms with E-state index in [-0.39, 0.29) is 12.5 Å². The molecule has 3 aromatic rings. The summed E-state index contributed by atoms with van der Waals surface area (Å²) in [6.07, 6.45) is 6.61. The molecule has 2 aromatic heterocycles. The zero-order valence-electron chi connectivity index (χ0n) is 12.7. The summed E-state index contributed by atoms with van der Waals surface area (Å²) in [5, 5.41) is 12.6. The van der Waals surface area contributed by atoms with Crippen LogP contribution in [0.25, 0.3) is 10.9 Å². The molecule has 23 heavy (non-hydrogen) atoms. The molecule has 1 aromatic carbocycles. The van der Waals surface area contributed by atoms with Gasteiger partial charge in [0.15, 0.2) is 0 Å². The number of nitrogens with one attached hydrogen (secondary N) is 2. The number of rotatable bonds is 3. The summed E-state index contributed by atoms with van der Waals surface area (Å²) in [5.74, 6) is -0.261. The van der Waals surface area contributed by atoms with Crippen molar-refractivity contribution in [1.82, 2.24) is 15.4 Å².